The third-order valence-corrected chi connectivity index (χ3v) is 4.05. The molecule has 3 aromatic rings. The van der Waals surface area contributed by atoms with E-state index in [1.807, 2.05) is 67.6 Å². The fourth-order valence-corrected chi connectivity index (χ4v) is 2.87. The minimum atomic E-state index is -0.366. The molecule has 114 valence electrons. The van der Waals surface area contributed by atoms with Crippen LogP contribution in [0.4, 0.5) is 11.4 Å². The Kier molecular flexibility index (Phi) is 3.15. The van der Waals surface area contributed by atoms with Crippen LogP contribution < -0.4 is 10.2 Å². The Labute approximate surface area is 134 Å². The molecule has 4 rings (SSSR count). The molecule has 4 nitrogen and oxygen atoms in total. The summed E-state index contributed by atoms with van der Waals surface area (Å²) in [6.45, 7) is 2.03. The highest BCUT2D eigenvalue weighted by molar-refractivity contribution is 6.12. The first-order valence-electron chi connectivity index (χ1n) is 7.53. The molecule has 1 N–H and O–H groups in total. The number of amides is 1. The zero-order valence-corrected chi connectivity index (χ0v) is 12.7. The van der Waals surface area contributed by atoms with Gasteiger partial charge in [0.2, 0.25) is 0 Å². The van der Waals surface area contributed by atoms with Gasteiger partial charge in [-0.3, -0.25) is 9.69 Å². The number of nitrogens with one attached hydrogen (secondary N) is 1. The lowest BCUT2D eigenvalue weighted by atomic mass is 10.1. The zero-order valence-electron chi connectivity index (χ0n) is 12.7. The lowest BCUT2D eigenvalue weighted by Gasteiger charge is -2.36. The van der Waals surface area contributed by atoms with Gasteiger partial charge in [-0.1, -0.05) is 29.8 Å². The molecular formula is C19H16N2O2. The lowest BCUT2D eigenvalue weighted by molar-refractivity contribution is 0.0972. The molecule has 2 heterocycles. The molecule has 0 fully saturated rings. The van der Waals surface area contributed by atoms with Crippen LogP contribution in [0, 0.1) is 6.92 Å². The second-order valence-electron chi connectivity index (χ2n) is 5.62. The van der Waals surface area contributed by atoms with Gasteiger partial charge in [0, 0.05) is 11.4 Å². The van der Waals surface area contributed by atoms with Crippen LogP contribution >= 0.6 is 0 Å². The van der Waals surface area contributed by atoms with Crippen LogP contribution in [0.2, 0.25) is 0 Å². The fraction of sp³-hybridized carbons (Fsp3) is 0.105. The summed E-state index contributed by atoms with van der Waals surface area (Å²) < 4.78 is 5.56. The van der Waals surface area contributed by atoms with E-state index in [0.717, 1.165) is 16.9 Å². The van der Waals surface area contributed by atoms with Crippen molar-refractivity contribution in [1.29, 1.82) is 0 Å². The molecule has 0 saturated carbocycles. The summed E-state index contributed by atoms with van der Waals surface area (Å²) in [7, 11) is 0. The van der Waals surface area contributed by atoms with Crippen molar-refractivity contribution in [2.24, 2.45) is 0 Å². The van der Waals surface area contributed by atoms with E-state index in [2.05, 4.69) is 5.32 Å². The second-order valence-corrected chi connectivity index (χ2v) is 5.62. The van der Waals surface area contributed by atoms with Gasteiger partial charge >= 0.3 is 0 Å². The molecule has 23 heavy (non-hydrogen) atoms. The standard InChI is InChI=1S/C19H16N2O2/c1-13-8-10-14(11-9-13)21-18(17-7-4-12-23-17)20-16-6-3-2-5-15(16)19(21)22/h2-12,18,20H,1H3. The Morgan fingerprint density at radius 1 is 1.00 bits per heavy atom. The number of fused-ring (bicyclic) bond motifs is 1. The maximum atomic E-state index is 13.1. The van der Waals surface area contributed by atoms with E-state index in [0.29, 0.717) is 11.3 Å². The summed E-state index contributed by atoms with van der Waals surface area (Å²) in [6.07, 6.45) is 1.25. The summed E-state index contributed by atoms with van der Waals surface area (Å²) in [5, 5.41) is 3.40. The topological polar surface area (TPSA) is 45.5 Å². The molecule has 2 aromatic carbocycles. The van der Waals surface area contributed by atoms with E-state index < -0.39 is 0 Å². The summed E-state index contributed by atoms with van der Waals surface area (Å²) in [5.74, 6) is 0.665. The number of rotatable bonds is 2. The molecule has 0 radical (unpaired) electrons. The van der Waals surface area contributed by atoms with Crippen LogP contribution in [-0.4, -0.2) is 5.91 Å². The van der Waals surface area contributed by atoms with Crippen molar-refractivity contribution >= 4 is 17.3 Å². The molecule has 1 atom stereocenters. The van der Waals surface area contributed by atoms with Gasteiger partial charge in [-0.2, -0.15) is 0 Å². The van der Waals surface area contributed by atoms with Gasteiger partial charge in [0.25, 0.3) is 5.91 Å². The molecule has 0 bridgehead atoms. The van der Waals surface area contributed by atoms with E-state index in [4.69, 9.17) is 4.42 Å². The number of nitrogens with zero attached hydrogens (tertiary/aromatic N) is 1. The maximum Gasteiger partial charge on any atom is 0.262 e. The Bertz CT molecular complexity index is 838. The van der Waals surface area contributed by atoms with Crippen LogP contribution in [0.5, 0.6) is 0 Å². The van der Waals surface area contributed by atoms with Crippen molar-refractivity contribution in [1.82, 2.24) is 0 Å². The first kappa shape index (κ1) is 13.6. The Morgan fingerprint density at radius 3 is 2.52 bits per heavy atom. The van der Waals surface area contributed by atoms with Crippen molar-refractivity contribution in [3.8, 4) is 0 Å². The number of anilines is 2. The summed E-state index contributed by atoms with van der Waals surface area (Å²) >= 11 is 0. The monoisotopic (exact) mass is 304 g/mol. The van der Waals surface area contributed by atoms with Crippen molar-refractivity contribution in [3.05, 3.63) is 83.8 Å². The molecule has 0 aliphatic carbocycles. The number of carbonyl (C=O) groups excluding carboxylic acids is 1. The van der Waals surface area contributed by atoms with E-state index in [9.17, 15) is 4.79 Å². The molecular weight excluding hydrogens is 288 g/mol. The van der Waals surface area contributed by atoms with Crippen LogP contribution in [0.1, 0.15) is 27.8 Å². The van der Waals surface area contributed by atoms with E-state index in [1.54, 1.807) is 11.2 Å². The predicted molar refractivity (Wildman–Crippen MR) is 89.5 cm³/mol. The average molecular weight is 304 g/mol. The van der Waals surface area contributed by atoms with E-state index in [1.165, 1.54) is 0 Å². The molecule has 1 aromatic heterocycles. The van der Waals surface area contributed by atoms with Gasteiger partial charge < -0.3 is 9.73 Å². The highest BCUT2D eigenvalue weighted by atomic mass is 16.3. The van der Waals surface area contributed by atoms with Crippen molar-refractivity contribution in [2.45, 2.75) is 13.1 Å². The minimum Gasteiger partial charge on any atom is -0.465 e. The number of hydrogen-bond donors (Lipinski definition) is 1. The van der Waals surface area contributed by atoms with Gasteiger partial charge in [0.05, 0.1) is 11.8 Å². The predicted octanol–water partition coefficient (Wildman–Crippen LogP) is 4.36. The first-order valence-corrected chi connectivity index (χ1v) is 7.53. The van der Waals surface area contributed by atoms with Crippen LogP contribution in [0.15, 0.2) is 71.3 Å². The molecule has 0 spiro atoms. The maximum absolute atomic E-state index is 13.1. The number of aryl methyl sites for hydroxylation is 1. The van der Waals surface area contributed by atoms with Crippen LogP contribution in [0.25, 0.3) is 0 Å². The summed E-state index contributed by atoms with van der Waals surface area (Å²) in [5.41, 5.74) is 3.48. The molecule has 4 heteroatoms. The average Bonchev–Trinajstić information content (AvgIpc) is 3.10. The molecule has 1 unspecified atom stereocenters. The van der Waals surface area contributed by atoms with E-state index in [-0.39, 0.29) is 12.1 Å². The van der Waals surface area contributed by atoms with Gasteiger partial charge in [0.1, 0.15) is 5.76 Å². The smallest absolute Gasteiger partial charge is 0.262 e. The molecule has 0 saturated heterocycles. The Morgan fingerprint density at radius 2 is 1.78 bits per heavy atom. The summed E-state index contributed by atoms with van der Waals surface area (Å²) in [6, 6.07) is 19.2. The normalized spacial score (nSPS) is 16.8. The lowest BCUT2D eigenvalue weighted by Crippen LogP contribution is -2.43. The summed E-state index contributed by atoms with van der Waals surface area (Å²) in [4.78, 5) is 14.8. The fourth-order valence-electron chi connectivity index (χ4n) is 2.87. The highest BCUT2D eigenvalue weighted by Crippen LogP contribution is 2.36. The third-order valence-electron chi connectivity index (χ3n) is 4.05. The number of furan rings is 1. The second kappa shape index (κ2) is 5.32. The molecule has 1 aliphatic rings. The van der Waals surface area contributed by atoms with Crippen molar-refractivity contribution < 1.29 is 9.21 Å². The van der Waals surface area contributed by atoms with Gasteiger partial charge in [0.15, 0.2) is 6.17 Å². The Hall–Kier alpha value is -3.01. The third kappa shape index (κ3) is 2.28. The molecule has 1 aliphatic heterocycles. The van der Waals surface area contributed by atoms with E-state index >= 15 is 0 Å². The highest BCUT2D eigenvalue weighted by Gasteiger charge is 2.35. The SMILES string of the molecule is Cc1ccc(N2C(=O)c3ccccc3NC2c2ccco2)cc1. The number of para-hydroxylation sites is 1. The van der Waals surface area contributed by atoms with Gasteiger partial charge in [-0.15, -0.1) is 0 Å². The largest absolute Gasteiger partial charge is 0.465 e. The quantitative estimate of drug-likeness (QED) is 0.765. The zero-order chi connectivity index (χ0) is 15.8. The number of carbonyl (C=O) groups is 1. The first-order chi connectivity index (χ1) is 11.2. The van der Waals surface area contributed by atoms with Gasteiger partial charge in [-0.05, 0) is 43.3 Å². The van der Waals surface area contributed by atoms with Gasteiger partial charge in [-0.25, -0.2) is 0 Å². The van der Waals surface area contributed by atoms with Crippen LogP contribution in [-0.2, 0) is 0 Å². The van der Waals surface area contributed by atoms with Crippen LogP contribution in [0.3, 0.4) is 0 Å². The number of benzene rings is 2. The number of hydrogen-bond acceptors (Lipinski definition) is 3. The molecule has 1 amide bonds. The minimum absolute atomic E-state index is 0.0374. The Balaban J connectivity index is 1.85. The van der Waals surface area contributed by atoms with Crippen molar-refractivity contribution in [3.63, 3.8) is 0 Å². The van der Waals surface area contributed by atoms with Crippen molar-refractivity contribution in [2.75, 3.05) is 10.2 Å².